The van der Waals surface area contributed by atoms with Gasteiger partial charge in [-0.1, -0.05) is 52.3 Å². The van der Waals surface area contributed by atoms with E-state index in [4.69, 9.17) is 4.74 Å². The molecule has 3 aromatic carbocycles. The van der Waals surface area contributed by atoms with Crippen LogP contribution in [0.25, 0.3) is 6.08 Å². The number of benzene rings is 3. The van der Waals surface area contributed by atoms with E-state index in [-0.39, 0.29) is 5.41 Å². The van der Waals surface area contributed by atoms with Crippen molar-refractivity contribution >= 4 is 33.4 Å². The largest absolute Gasteiger partial charge is 0.462 e. The highest BCUT2D eigenvalue weighted by atomic mass is 79.9. The third-order valence-electron chi connectivity index (χ3n) is 5.79. The maximum Gasteiger partial charge on any atom is 0.216 e. The van der Waals surface area contributed by atoms with Crippen molar-refractivity contribution in [3.63, 3.8) is 0 Å². The van der Waals surface area contributed by atoms with E-state index in [9.17, 15) is 0 Å². The number of rotatable bonds is 1. The molecule has 1 unspecified atom stereocenters. The first-order valence-electron chi connectivity index (χ1n) is 9.15. The number of anilines is 2. The van der Waals surface area contributed by atoms with Gasteiger partial charge in [-0.15, -0.1) is 0 Å². The molecule has 2 heterocycles. The van der Waals surface area contributed by atoms with Crippen molar-refractivity contribution in [1.82, 2.24) is 0 Å². The molecule has 1 spiro atoms. The lowest BCUT2D eigenvalue weighted by molar-refractivity contribution is 0.0630. The summed E-state index contributed by atoms with van der Waals surface area (Å²) in [4.78, 5) is 2.34. The first kappa shape index (κ1) is 16.6. The number of nitrogens with zero attached hydrogens (tertiary/aromatic N) is 1. The summed E-state index contributed by atoms with van der Waals surface area (Å²) in [7, 11) is 0. The average molecular weight is 418 g/mol. The van der Waals surface area contributed by atoms with Crippen molar-refractivity contribution < 1.29 is 4.74 Å². The lowest BCUT2D eigenvalue weighted by Gasteiger charge is -2.47. The average Bonchev–Trinajstić information content (AvgIpc) is 2.87. The molecule has 0 amide bonds. The second-order valence-electron chi connectivity index (χ2n) is 7.63. The minimum atomic E-state index is -0.626. The molecule has 2 aliphatic heterocycles. The van der Waals surface area contributed by atoms with Crippen LogP contribution in [0.5, 0.6) is 5.75 Å². The minimum Gasteiger partial charge on any atom is -0.462 e. The van der Waals surface area contributed by atoms with Crippen LogP contribution in [0.15, 0.2) is 83.3 Å². The van der Waals surface area contributed by atoms with Gasteiger partial charge in [-0.2, -0.15) is 0 Å². The van der Waals surface area contributed by atoms with Crippen LogP contribution < -0.4 is 9.64 Å². The van der Waals surface area contributed by atoms with Gasteiger partial charge in [0.2, 0.25) is 5.72 Å². The second-order valence-corrected chi connectivity index (χ2v) is 8.54. The molecular weight excluding hydrogens is 398 g/mol. The van der Waals surface area contributed by atoms with Crippen molar-refractivity contribution in [1.29, 1.82) is 0 Å². The Morgan fingerprint density at radius 2 is 1.63 bits per heavy atom. The molecule has 1 atom stereocenters. The summed E-state index contributed by atoms with van der Waals surface area (Å²) in [6.45, 7) is 4.53. The lowest BCUT2D eigenvalue weighted by atomic mass is 9.76. The van der Waals surface area contributed by atoms with Gasteiger partial charge in [0.05, 0.1) is 5.41 Å². The summed E-state index contributed by atoms with van der Waals surface area (Å²) in [6, 6.07) is 25.3. The van der Waals surface area contributed by atoms with Crippen LogP contribution in [0.4, 0.5) is 11.4 Å². The summed E-state index contributed by atoms with van der Waals surface area (Å²) in [5.74, 6) is 0.905. The van der Waals surface area contributed by atoms with Crippen molar-refractivity contribution in [2.75, 3.05) is 4.90 Å². The molecule has 27 heavy (non-hydrogen) atoms. The van der Waals surface area contributed by atoms with E-state index in [1.807, 2.05) is 18.2 Å². The Kier molecular flexibility index (Phi) is 3.54. The van der Waals surface area contributed by atoms with Crippen molar-refractivity contribution in [3.05, 3.63) is 94.5 Å². The Bertz CT molecular complexity index is 1060. The molecule has 134 valence electrons. The predicted molar refractivity (Wildman–Crippen MR) is 115 cm³/mol. The first-order valence-corrected chi connectivity index (χ1v) is 9.95. The number of ether oxygens (including phenoxy) is 1. The van der Waals surface area contributed by atoms with Crippen LogP contribution >= 0.6 is 15.9 Å². The smallest absolute Gasteiger partial charge is 0.216 e. The zero-order valence-corrected chi connectivity index (χ0v) is 16.9. The monoisotopic (exact) mass is 417 g/mol. The van der Waals surface area contributed by atoms with E-state index in [1.54, 1.807) is 0 Å². The molecule has 3 aromatic rings. The standard InChI is InChI=1S/C24H20BrNO/c1-23(2)20-10-6-7-11-21(20)26(19-8-4-3-5-9-19)24(23)15-14-17-16-18(25)12-13-22(17)27-24/h3-16H,1-2H3. The maximum atomic E-state index is 6.82. The van der Waals surface area contributed by atoms with Crippen LogP contribution in [0.2, 0.25) is 0 Å². The van der Waals surface area contributed by atoms with Gasteiger partial charge in [0, 0.05) is 21.4 Å². The lowest BCUT2D eigenvalue weighted by Crippen LogP contribution is -2.57. The molecule has 3 heteroatoms. The molecule has 2 nitrogen and oxygen atoms in total. The van der Waals surface area contributed by atoms with E-state index in [1.165, 1.54) is 11.3 Å². The first-order chi connectivity index (χ1) is 13.0. The Balaban J connectivity index is 1.77. The minimum absolute atomic E-state index is 0.235. The van der Waals surface area contributed by atoms with Gasteiger partial charge in [0.1, 0.15) is 5.75 Å². The van der Waals surface area contributed by atoms with Gasteiger partial charge in [0.15, 0.2) is 0 Å². The fourth-order valence-electron chi connectivity index (χ4n) is 4.36. The van der Waals surface area contributed by atoms with Gasteiger partial charge < -0.3 is 4.74 Å². The molecule has 0 N–H and O–H groups in total. The maximum absolute atomic E-state index is 6.82. The van der Waals surface area contributed by atoms with Gasteiger partial charge in [-0.05, 0) is 68.0 Å². The normalized spacial score (nSPS) is 21.7. The molecule has 0 saturated heterocycles. The van der Waals surface area contributed by atoms with Crippen molar-refractivity contribution in [2.45, 2.75) is 25.0 Å². The number of para-hydroxylation sites is 2. The number of hydrogen-bond donors (Lipinski definition) is 0. The second kappa shape index (κ2) is 5.74. The quantitative estimate of drug-likeness (QED) is 0.437. The zero-order chi connectivity index (χ0) is 18.6. The number of fused-ring (bicyclic) bond motifs is 2. The summed E-state index contributed by atoms with van der Waals surface area (Å²) < 4.78 is 7.87. The third-order valence-corrected chi connectivity index (χ3v) is 6.28. The third kappa shape index (κ3) is 2.24. The summed E-state index contributed by atoms with van der Waals surface area (Å²) in [5, 5.41) is 0. The Morgan fingerprint density at radius 3 is 2.44 bits per heavy atom. The molecule has 0 bridgehead atoms. The van der Waals surface area contributed by atoms with Crippen LogP contribution in [-0.4, -0.2) is 5.72 Å². The predicted octanol–water partition coefficient (Wildman–Crippen LogP) is 6.68. The van der Waals surface area contributed by atoms with Crippen LogP contribution in [0, 0.1) is 0 Å². The van der Waals surface area contributed by atoms with Gasteiger partial charge in [-0.25, -0.2) is 0 Å². The molecule has 5 rings (SSSR count). The van der Waals surface area contributed by atoms with E-state index < -0.39 is 5.72 Å². The SMILES string of the molecule is CC1(C)c2ccccc2N(c2ccccc2)C12C=Cc1cc(Br)ccc1O2. The number of hydrogen-bond acceptors (Lipinski definition) is 2. The summed E-state index contributed by atoms with van der Waals surface area (Å²) in [5.41, 5.74) is 3.84. The summed E-state index contributed by atoms with van der Waals surface area (Å²) in [6.07, 6.45) is 4.40. The Morgan fingerprint density at radius 1 is 0.889 bits per heavy atom. The van der Waals surface area contributed by atoms with Gasteiger partial charge in [-0.3, -0.25) is 4.90 Å². The van der Waals surface area contributed by atoms with Crippen LogP contribution in [-0.2, 0) is 5.41 Å². The topological polar surface area (TPSA) is 12.5 Å². The van der Waals surface area contributed by atoms with Gasteiger partial charge >= 0.3 is 0 Å². The molecule has 0 aromatic heterocycles. The molecule has 0 radical (unpaired) electrons. The highest BCUT2D eigenvalue weighted by Gasteiger charge is 2.59. The Labute approximate surface area is 168 Å². The summed E-state index contributed by atoms with van der Waals surface area (Å²) >= 11 is 3.56. The van der Waals surface area contributed by atoms with E-state index in [0.717, 1.165) is 21.5 Å². The fourth-order valence-corrected chi connectivity index (χ4v) is 4.74. The highest BCUT2D eigenvalue weighted by molar-refractivity contribution is 9.10. The highest BCUT2D eigenvalue weighted by Crippen LogP contribution is 2.57. The number of halogens is 1. The van der Waals surface area contributed by atoms with E-state index >= 15 is 0 Å². The van der Waals surface area contributed by atoms with Crippen LogP contribution in [0.1, 0.15) is 25.0 Å². The molecule has 2 aliphatic rings. The molecular formula is C24H20BrNO. The van der Waals surface area contributed by atoms with E-state index in [0.29, 0.717) is 0 Å². The van der Waals surface area contributed by atoms with Gasteiger partial charge in [0.25, 0.3) is 0 Å². The fraction of sp³-hybridized carbons (Fsp3) is 0.167. The van der Waals surface area contributed by atoms with E-state index in [2.05, 4.69) is 101 Å². The van der Waals surface area contributed by atoms with Crippen molar-refractivity contribution in [2.24, 2.45) is 0 Å². The molecule has 0 aliphatic carbocycles. The molecule has 0 saturated carbocycles. The van der Waals surface area contributed by atoms with Crippen molar-refractivity contribution in [3.8, 4) is 5.75 Å². The van der Waals surface area contributed by atoms with Crippen LogP contribution in [0.3, 0.4) is 0 Å². The molecule has 0 fully saturated rings. The zero-order valence-electron chi connectivity index (χ0n) is 15.3. The Hall–Kier alpha value is -2.52.